The van der Waals surface area contributed by atoms with Gasteiger partial charge in [-0.05, 0) is 66.3 Å². The molecule has 0 bridgehead atoms. The zero-order chi connectivity index (χ0) is 22.7. The normalized spacial score (nSPS) is 10.6. The van der Waals surface area contributed by atoms with Crippen molar-refractivity contribution < 1.29 is 13.9 Å². The molecule has 0 aliphatic carbocycles. The van der Waals surface area contributed by atoms with Crippen LogP contribution in [-0.2, 0) is 0 Å². The highest BCUT2D eigenvalue weighted by Crippen LogP contribution is 2.30. The van der Waals surface area contributed by atoms with Gasteiger partial charge in [0, 0.05) is 16.0 Å². The van der Waals surface area contributed by atoms with Crippen molar-refractivity contribution in [1.29, 1.82) is 0 Å². The van der Waals surface area contributed by atoms with Crippen molar-refractivity contribution in [2.75, 3.05) is 12.4 Å². The summed E-state index contributed by atoms with van der Waals surface area (Å²) in [7, 11) is 1.51. The van der Waals surface area contributed by atoms with Crippen LogP contribution in [0.15, 0.2) is 82.0 Å². The Morgan fingerprint density at radius 3 is 2.53 bits per heavy atom. The van der Waals surface area contributed by atoms with Crippen LogP contribution in [0.1, 0.15) is 10.4 Å². The number of halogens is 1. The zero-order valence-corrected chi connectivity index (χ0v) is 18.4. The molecule has 0 aliphatic heterocycles. The molecule has 0 saturated heterocycles. The maximum atomic E-state index is 12.5. The predicted molar refractivity (Wildman–Crippen MR) is 130 cm³/mol. The van der Waals surface area contributed by atoms with Crippen LogP contribution in [0.2, 0.25) is 5.02 Å². The second-order valence-corrected chi connectivity index (χ2v) is 7.66. The number of hydrogen-bond acceptors (Lipinski definition) is 5. The lowest BCUT2D eigenvalue weighted by Gasteiger charge is -2.14. The lowest BCUT2D eigenvalue weighted by atomic mass is 10.0. The minimum Gasteiger partial charge on any atom is -0.495 e. The van der Waals surface area contributed by atoms with Crippen molar-refractivity contribution in [1.82, 2.24) is 5.32 Å². The van der Waals surface area contributed by atoms with E-state index < -0.39 is 5.63 Å². The molecule has 8 heteroatoms. The van der Waals surface area contributed by atoms with Crippen molar-refractivity contribution in [3.05, 3.63) is 93.8 Å². The third-order valence-electron chi connectivity index (χ3n) is 4.73. The van der Waals surface area contributed by atoms with E-state index in [2.05, 4.69) is 10.6 Å². The van der Waals surface area contributed by atoms with Crippen molar-refractivity contribution in [2.45, 2.75) is 0 Å². The van der Waals surface area contributed by atoms with E-state index >= 15 is 0 Å². The largest absolute Gasteiger partial charge is 0.495 e. The van der Waals surface area contributed by atoms with Gasteiger partial charge in [-0.3, -0.25) is 10.1 Å². The Morgan fingerprint density at radius 2 is 1.78 bits per heavy atom. The van der Waals surface area contributed by atoms with Crippen LogP contribution in [0, 0.1) is 0 Å². The summed E-state index contributed by atoms with van der Waals surface area (Å²) in [6.45, 7) is 0. The molecular weight excluding hydrogens is 448 g/mol. The number of amides is 1. The molecule has 0 unspecified atom stereocenters. The Bertz CT molecular complexity index is 1380. The summed E-state index contributed by atoms with van der Waals surface area (Å²) < 4.78 is 10.8. The Morgan fingerprint density at radius 1 is 1.03 bits per heavy atom. The lowest BCUT2D eigenvalue weighted by molar-refractivity contribution is 0.0977. The van der Waals surface area contributed by atoms with Gasteiger partial charge in [-0.25, -0.2) is 4.79 Å². The van der Waals surface area contributed by atoms with Gasteiger partial charge in [-0.1, -0.05) is 35.9 Å². The molecule has 6 nitrogen and oxygen atoms in total. The highest BCUT2D eigenvalue weighted by Gasteiger charge is 2.14. The smallest absolute Gasteiger partial charge is 0.344 e. The molecule has 0 radical (unpaired) electrons. The molecule has 0 spiro atoms. The molecule has 4 aromatic rings. The summed E-state index contributed by atoms with van der Waals surface area (Å²) in [6.07, 6.45) is 0. The van der Waals surface area contributed by atoms with Gasteiger partial charge in [0.1, 0.15) is 11.3 Å². The quantitative estimate of drug-likeness (QED) is 0.317. The SMILES string of the molecule is COc1ccc(-c2cc3ccccc3oc2=O)cc1NC(=S)NC(=O)c1ccc(Cl)cc1. The summed E-state index contributed by atoms with van der Waals surface area (Å²) in [5.74, 6) is 0.103. The van der Waals surface area contributed by atoms with Crippen molar-refractivity contribution in [3.63, 3.8) is 0 Å². The maximum Gasteiger partial charge on any atom is 0.344 e. The first kappa shape index (κ1) is 21.5. The number of hydrogen-bond donors (Lipinski definition) is 2. The number of fused-ring (bicyclic) bond motifs is 1. The number of carbonyl (C=O) groups excluding carboxylic acids is 1. The average Bonchev–Trinajstić information content (AvgIpc) is 2.79. The molecule has 1 heterocycles. The van der Waals surface area contributed by atoms with Crippen LogP contribution in [0.4, 0.5) is 5.69 Å². The average molecular weight is 465 g/mol. The molecule has 2 N–H and O–H groups in total. The van der Waals surface area contributed by atoms with Crippen molar-refractivity contribution in [2.24, 2.45) is 0 Å². The van der Waals surface area contributed by atoms with Crippen molar-refractivity contribution in [3.8, 4) is 16.9 Å². The van der Waals surface area contributed by atoms with Crippen LogP contribution in [0.3, 0.4) is 0 Å². The molecule has 1 aromatic heterocycles. The van der Waals surface area contributed by atoms with E-state index in [4.69, 9.17) is 33.0 Å². The highest BCUT2D eigenvalue weighted by atomic mass is 35.5. The molecule has 1 amide bonds. The number of ether oxygens (including phenoxy) is 1. The molecule has 0 fully saturated rings. The second-order valence-electron chi connectivity index (χ2n) is 6.82. The maximum absolute atomic E-state index is 12.5. The standard InChI is InChI=1S/C24H17ClN2O4S/c1-30-21-11-8-15(18-12-16-4-2-3-5-20(16)31-23(18)29)13-19(21)26-24(32)27-22(28)14-6-9-17(25)10-7-14/h2-13H,1H3,(H2,26,27,28,32). The zero-order valence-electron chi connectivity index (χ0n) is 16.8. The molecule has 3 aromatic carbocycles. The van der Waals surface area contributed by atoms with E-state index in [1.54, 1.807) is 60.7 Å². The first-order chi connectivity index (χ1) is 15.4. The molecule has 0 saturated carbocycles. The number of carbonyl (C=O) groups is 1. The third kappa shape index (κ3) is 4.64. The van der Waals surface area contributed by atoms with Crippen LogP contribution in [0.5, 0.6) is 5.75 Å². The summed E-state index contributed by atoms with van der Waals surface area (Å²) in [4.78, 5) is 24.9. The number of nitrogens with one attached hydrogen (secondary N) is 2. The number of thiocarbonyl (C=S) groups is 1. The second kappa shape index (κ2) is 9.21. The van der Waals surface area contributed by atoms with Crippen molar-refractivity contribution >= 4 is 51.5 Å². The number of para-hydroxylation sites is 1. The minimum absolute atomic E-state index is 0.0749. The molecular formula is C24H17ClN2O4S. The summed E-state index contributed by atoms with van der Waals surface area (Å²) >= 11 is 11.1. The van der Waals surface area contributed by atoms with E-state index in [1.165, 1.54) is 7.11 Å². The minimum atomic E-state index is -0.460. The van der Waals surface area contributed by atoms with Gasteiger partial charge in [-0.2, -0.15) is 0 Å². The first-order valence-electron chi connectivity index (χ1n) is 9.54. The fourth-order valence-corrected chi connectivity index (χ4v) is 3.50. The third-order valence-corrected chi connectivity index (χ3v) is 5.19. The number of methoxy groups -OCH3 is 1. The molecule has 32 heavy (non-hydrogen) atoms. The lowest BCUT2D eigenvalue weighted by Crippen LogP contribution is -2.34. The van der Waals surface area contributed by atoms with Gasteiger partial charge < -0.3 is 14.5 Å². The Balaban J connectivity index is 1.60. The summed E-state index contributed by atoms with van der Waals surface area (Å²) in [5.41, 5.74) is 1.95. The fraction of sp³-hybridized carbons (Fsp3) is 0.0417. The van der Waals surface area contributed by atoms with Gasteiger partial charge in [0.25, 0.3) is 5.91 Å². The Kier molecular flexibility index (Phi) is 6.20. The highest BCUT2D eigenvalue weighted by molar-refractivity contribution is 7.80. The van der Waals surface area contributed by atoms with Gasteiger partial charge in [0.2, 0.25) is 0 Å². The first-order valence-corrected chi connectivity index (χ1v) is 10.3. The van der Waals surface area contributed by atoms with Crippen LogP contribution < -0.4 is 21.0 Å². The van der Waals surface area contributed by atoms with E-state index in [1.807, 2.05) is 12.1 Å². The summed E-state index contributed by atoms with van der Waals surface area (Å²) in [6, 6.07) is 20.7. The topological polar surface area (TPSA) is 80.6 Å². The van der Waals surface area contributed by atoms with E-state index in [9.17, 15) is 9.59 Å². The van der Waals surface area contributed by atoms with E-state index in [0.717, 1.165) is 5.39 Å². The van der Waals surface area contributed by atoms with Crippen LogP contribution in [0.25, 0.3) is 22.1 Å². The number of anilines is 1. The number of rotatable bonds is 4. The van der Waals surface area contributed by atoms with Gasteiger partial charge in [-0.15, -0.1) is 0 Å². The van der Waals surface area contributed by atoms with Crippen LogP contribution >= 0.6 is 23.8 Å². The summed E-state index contributed by atoms with van der Waals surface area (Å²) in [5, 5.41) is 6.98. The van der Waals surface area contributed by atoms with Crippen LogP contribution in [-0.4, -0.2) is 18.1 Å². The molecule has 0 atom stereocenters. The Hall–Kier alpha value is -3.68. The fourth-order valence-electron chi connectivity index (χ4n) is 3.17. The van der Waals surface area contributed by atoms with Gasteiger partial charge >= 0.3 is 5.63 Å². The van der Waals surface area contributed by atoms with Gasteiger partial charge in [0.05, 0.1) is 18.4 Å². The van der Waals surface area contributed by atoms with E-state index in [-0.39, 0.29) is 11.0 Å². The molecule has 160 valence electrons. The van der Waals surface area contributed by atoms with Gasteiger partial charge in [0.15, 0.2) is 5.11 Å². The molecule has 4 rings (SSSR count). The monoisotopic (exact) mass is 464 g/mol. The van der Waals surface area contributed by atoms with E-state index in [0.29, 0.717) is 38.7 Å². The number of benzene rings is 3. The molecule has 0 aliphatic rings. The Labute approximate surface area is 193 Å². The predicted octanol–water partition coefficient (Wildman–Crippen LogP) is 5.25.